The number of carbonyl (C=O) groups is 1. The first kappa shape index (κ1) is 25.0. The molecule has 2 bridgehead atoms. The molecular weight excluding hydrogens is 538 g/mol. The molecule has 3 aromatic rings. The number of quaternary nitrogens is 1. The van der Waals surface area contributed by atoms with Gasteiger partial charge >= 0.3 is 6.09 Å². The Hall–Kier alpha value is -2.13. The molecule has 1 N–H and O–H groups in total. The third kappa shape index (κ3) is 5.57. The molecule has 6 rings (SSSR count). The number of thiazole rings is 1. The Bertz CT molecular complexity index is 1100. The topological polar surface area (TPSA) is 60.5 Å². The van der Waals surface area contributed by atoms with Crippen molar-refractivity contribution in [3.8, 4) is 16.2 Å². The number of para-hydroxylation sites is 1. The molecule has 0 radical (unpaired) electrons. The van der Waals surface area contributed by atoms with Crippen molar-refractivity contribution in [2.24, 2.45) is 0 Å². The highest BCUT2D eigenvalue weighted by molar-refractivity contribution is 7.13. The van der Waals surface area contributed by atoms with Gasteiger partial charge in [0.05, 0.1) is 30.0 Å². The summed E-state index contributed by atoms with van der Waals surface area (Å²) in [6.07, 6.45) is 2.20. The highest BCUT2D eigenvalue weighted by atomic mass is 79.9. The second-order valence-corrected chi connectivity index (χ2v) is 10.2. The molecule has 3 aliphatic rings. The fourth-order valence-corrected chi connectivity index (χ4v) is 5.82. The fourth-order valence-electron chi connectivity index (χ4n) is 4.88. The molecule has 0 spiro atoms. The van der Waals surface area contributed by atoms with E-state index in [2.05, 4.69) is 10.3 Å². The summed E-state index contributed by atoms with van der Waals surface area (Å²) in [5, 5.41) is 3.51. The Morgan fingerprint density at radius 2 is 1.82 bits per heavy atom. The van der Waals surface area contributed by atoms with E-state index in [-0.39, 0.29) is 22.6 Å². The number of fused-ring (bicyclic) bond motifs is 3. The molecule has 9 heteroatoms. The summed E-state index contributed by atoms with van der Waals surface area (Å²) in [6.45, 7) is 4.72. The first-order chi connectivity index (χ1) is 16.0. The highest BCUT2D eigenvalue weighted by Crippen LogP contribution is 2.40. The molecule has 180 valence electrons. The minimum atomic E-state index is -0.432. The number of nitrogens with one attached hydrogen (secondary N) is 1. The molecule has 1 aromatic heterocycles. The summed E-state index contributed by atoms with van der Waals surface area (Å²) in [5.41, 5.74) is 2.26. The van der Waals surface area contributed by atoms with Gasteiger partial charge < -0.3 is 30.9 Å². The molecule has 3 aliphatic heterocycles. The Morgan fingerprint density at radius 1 is 1.09 bits per heavy atom. The number of piperidine rings is 3. The Labute approximate surface area is 219 Å². The van der Waals surface area contributed by atoms with Gasteiger partial charge in [-0.25, -0.2) is 9.78 Å². The molecule has 2 aromatic carbocycles. The van der Waals surface area contributed by atoms with Crippen LogP contribution in [0.25, 0.3) is 10.4 Å². The third-order valence-electron chi connectivity index (χ3n) is 6.89. The van der Waals surface area contributed by atoms with Gasteiger partial charge in [0.25, 0.3) is 0 Å². The van der Waals surface area contributed by atoms with Gasteiger partial charge in [0.1, 0.15) is 24.5 Å². The van der Waals surface area contributed by atoms with E-state index >= 15 is 0 Å². The van der Waals surface area contributed by atoms with Crippen molar-refractivity contribution >= 4 is 34.8 Å². The number of aromatic nitrogens is 1. The van der Waals surface area contributed by atoms with Crippen LogP contribution in [0.15, 0.2) is 60.1 Å². The largest absolute Gasteiger partial charge is 1.00 e. The van der Waals surface area contributed by atoms with Gasteiger partial charge in [-0.3, -0.25) is 5.32 Å². The lowest BCUT2D eigenvalue weighted by atomic mass is 9.81. The van der Waals surface area contributed by atoms with E-state index in [4.69, 9.17) is 21.1 Å². The number of nitrogens with zero attached hydrogens (tertiary/aromatic N) is 2. The molecule has 0 aliphatic carbocycles. The van der Waals surface area contributed by atoms with E-state index in [0.29, 0.717) is 17.4 Å². The lowest BCUT2D eigenvalue weighted by Crippen LogP contribution is -3.00. The Kier molecular flexibility index (Phi) is 7.82. The van der Waals surface area contributed by atoms with Crippen molar-refractivity contribution in [2.75, 3.05) is 38.1 Å². The predicted molar refractivity (Wildman–Crippen MR) is 131 cm³/mol. The summed E-state index contributed by atoms with van der Waals surface area (Å²) < 4.78 is 13.0. The van der Waals surface area contributed by atoms with Crippen LogP contribution in [0.2, 0.25) is 5.02 Å². The van der Waals surface area contributed by atoms with Gasteiger partial charge in [-0.05, 0) is 29.8 Å². The van der Waals surface area contributed by atoms with Crippen molar-refractivity contribution in [3.63, 3.8) is 0 Å². The number of rotatable bonds is 7. The van der Waals surface area contributed by atoms with Crippen LogP contribution >= 0.6 is 22.9 Å². The van der Waals surface area contributed by atoms with E-state index < -0.39 is 6.09 Å². The fraction of sp³-hybridized carbons (Fsp3) is 0.360. The maximum Gasteiger partial charge on any atom is 0.413 e. The summed E-state index contributed by atoms with van der Waals surface area (Å²) in [6, 6.07) is 17.5. The number of carbonyl (C=O) groups excluding carboxylic acids is 1. The molecule has 0 unspecified atom stereocenters. The van der Waals surface area contributed by atoms with E-state index in [1.54, 1.807) is 5.51 Å². The van der Waals surface area contributed by atoms with E-state index in [1.165, 1.54) is 11.3 Å². The zero-order valence-electron chi connectivity index (χ0n) is 18.7. The van der Waals surface area contributed by atoms with Crippen LogP contribution in [0.5, 0.6) is 5.75 Å². The van der Waals surface area contributed by atoms with E-state index in [1.807, 2.05) is 54.6 Å². The van der Waals surface area contributed by atoms with E-state index in [0.717, 1.165) is 66.1 Å². The van der Waals surface area contributed by atoms with Crippen molar-refractivity contribution < 1.29 is 35.7 Å². The first-order valence-corrected chi connectivity index (χ1v) is 12.5. The van der Waals surface area contributed by atoms with Crippen molar-refractivity contribution in [3.05, 3.63) is 65.1 Å². The summed E-state index contributed by atoms with van der Waals surface area (Å²) in [5.74, 6) is 1.43. The maximum absolute atomic E-state index is 12.8. The average Bonchev–Trinajstić information content (AvgIpc) is 3.29. The van der Waals surface area contributed by atoms with Crippen LogP contribution in [-0.4, -0.2) is 53.9 Å². The van der Waals surface area contributed by atoms with Gasteiger partial charge in [0.15, 0.2) is 5.82 Å². The third-order valence-corrected chi connectivity index (χ3v) is 8.00. The maximum atomic E-state index is 12.8. The summed E-state index contributed by atoms with van der Waals surface area (Å²) in [7, 11) is 0. The lowest BCUT2D eigenvalue weighted by molar-refractivity contribution is -0.944. The number of hydrogen-bond donors (Lipinski definition) is 1. The zero-order chi connectivity index (χ0) is 22.7. The van der Waals surface area contributed by atoms with Crippen LogP contribution < -0.4 is 27.0 Å². The monoisotopic (exact) mass is 563 g/mol. The predicted octanol–water partition coefficient (Wildman–Crippen LogP) is 2.85. The second kappa shape index (κ2) is 10.6. The van der Waals surface area contributed by atoms with Crippen LogP contribution in [0.3, 0.4) is 0 Å². The zero-order valence-corrected chi connectivity index (χ0v) is 21.9. The number of hydrogen-bond acceptors (Lipinski definition) is 5. The van der Waals surface area contributed by atoms with E-state index in [9.17, 15) is 4.79 Å². The number of ether oxygens (including phenoxy) is 2. The van der Waals surface area contributed by atoms with Gasteiger partial charge in [0.2, 0.25) is 0 Å². The molecule has 0 atom stereocenters. The Balaban J connectivity index is 0.00000274. The number of benzene rings is 2. The minimum absolute atomic E-state index is 0. The molecule has 4 heterocycles. The first-order valence-electron chi connectivity index (χ1n) is 11.3. The van der Waals surface area contributed by atoms with Crippen LogP contribution in [-0.2, 0) is 4.74 Å². The molecule has 1 amide bonds. The van der Waals surface area contributed by atoms with Crippen molar-refractivity contribution in [1.29, 1.82) is 0 Å². The quantitative estimate of drug-likeness (QED) is 0.449. The van der Waals surface area contributed by atoms with Crippen molar-refractivity contribution in [2.45, 2.75) is 24.9 Å². The number of amides is 1. The van der Waals surface area contributed by atoms with Crippen molar-refractivity contribution in [1.82, 2.24) is 4.98 Å². The SMILES string of the molecule is O=C(Nc1ncsc1-c1cccc(Cl)c1)OC12CC[N+](CCOc3ccccc3)(CC1)CC2.[Br-]. The van der Waals surface area contributed by atoms with Crippen LogP contribution in [0, 0.1) is 0 Å². The molecular formula is C25H27BrClN3O3S. The minimum Gasteiger partial charge on any atom is -1.00 e. The molecule has 0 saturated carbocycles. The normalized spacial score (nSPS) is 23.1. The summed E-state index contributed by atoms with van der Waals surface area (Å²) >= 11 is 7.59. The smallest absolute Gasteiger partial charge is 0.413 e. The van der Waals surface area contributed by atoms with Gasteiger partial charge in [0, 0.05) is 24.3 Å². The highest BCUT2D eigenvalue weighted by Gasteiger charge is 2.51. The number of anilines is 1. The lowest BCUT2D eigenvalue weighted by Gasteiger charge is -2.53. The molecule has 34 heavy (non-hydrogen) atoms. The van der Waals surface area contributed by atoms with Crippen LogP contribution in [0.4, 0.5) is 10.6 Å². The van der Waals surface area contributed by atoms with Crippen LogP contribution in [0.1, 0.15) is 19.3 Å². The van der Waals surface area contributed by atoms with Gasteiger partial charge in [-0.15, -0.1) is 11.3 Å². The Morgan fingerprint density at radius 3 is 2.53 bits per heavy atom. The molecule has 3 saturated heterocycles. The second-order valence-electron chi connectivity index (χ2n) is 8.89. The number of halogens is 2. The standard InChI is InChI=1S/C25H26ClN3O3S.BrH/c26-20-6-4-5-19(17-20)22-23(27-18-33-22)28-24(30)32-25-9-12-29(13-10-25,14-11-25)15-16-31-21-7-2-1-3-8-21;/h1-8,17-18H,9-16H2;1H. The van der Waals surface area contributed by atoms with Gasteiger partial charge in [-0.2, -0.15) is 0 Å². The molecule has 3 fully saturated rings. The molecule has 6 nitrogen and oxygen atoms in total. The summed E-state index contributed by atoms with van der Waals surface area (Å²) in [4.78, 5) is 18.0. The van der Waals surface area contributed by atoms with Gasteiger partial charge in [-0.1, -0.05) is 41.9 Å². The average molecular weight is 565 g/mol.